The van der Waals surface area contributed by atoms with Crippen LogP contribution < -0.4 is 4.74 Å². The van der Waals surface area contributed by atoms with Crippen molar-refractivity contribution in [3.63, 3.8) is 0 Å². The van der Waals surface area contributed by atoms with Crippen molar-refractivity contribution in [3.8, 4) is 5.75 Å². The van der Waals surface area contributed by atoms with Crippen molar-refractivity contribution in [2.24, 2.45) is 17.8 Å². The summed E-state index contributed by atoms with van der Waals surface area (Å²) in [6, 6.07) is 5.93. The van der Waals surface area contributed by atoms with E-state index in [4.69, 9.17) is 23.1 Å². The third-order valence-corrected chi connectivity index (χ3v) is 21.6. The molecule has 3 aliphatic rings. The van der Waals surface area contributed by atoms with Crippen LogP contribution in [0.25, 0.3) is 0 Å². The molecule has 1 heterocycles. The number of hydrogen-bond acceptors (Lipinski definition) is 7. The van der Waals surface area contributed by atoms with E-state index >= 15 is 0 Å². The van der Waals surface area contributed by atoms with Crippen LogP contribution in [0.15, 0.2) is 42.0 Å². The molecule has 4 rings (SSSR count). The third-order valence-electron chi connectivity index (χ3n) is 12.6. The number of ether oxygens (including phenoxy) is 3. The molecular weight excluding hydrogens is 673 g/mol. The van der Waals surface area contributed by atoms with Crippen molar-refractivity contribution in [1.29, 1.82) is 0 Å². The van der Waals surface area contributed by atoms with E-state index in [2.05, 4.69) is 99.8 Å². The summed E-state index contributed by atoms with van der Waals surface area (Å²) >= 11 is 0. The summed E-state index contributed by atoms with van der Waals surface area (Å²) in [4.78, 5) is 26.8. The summed E-state index contributed by atoms with van der Waals surface area (Å²) in [6.07, 6.45) is 8.98. The van der Waals surface area contributed by atoms with Gasteiger partial charge in [0.15, 0.2) is 22.7 Å². The van der Waals surface area contributed by atoms with E-state index in [1.54, 1.807) is 0 Å². The number of allylic oxidation sites excluding steroid dienone is 2. The number of carbonyl (C=O) groups excluding carboxylic acids is 2. The monoisotopic (exact) mass is 740 g/mol. The van der Waals surface area contributed by atoms with Gasteiger partial charge in [0, 0.05) is 18.8 Å². The molecule has 1 unspecified atom stereocenters. The SMILES string of the molecule is CCC(Oc1ccc(C)c(C)c1)C(=O)O[C@H]1C[C@H](O[Si](C)(C)C(C)(C)C)C=C2C=C[C@H](C)[C@H](CC[C@@H]3C[C@@H](O[Si](C)(C)C(C)(C)C)CC(=O)O3)[C@H]21. The van der Waals surface area contributed by atoms with Crippen LogP contribution in [0.4, 0.5) is 0 Å². The van der Waals surface area contributed by atoms with Crippen molar-refractivity contribution in [3.05, 3.63) is 53.1 Å². The Balaban J connectivity index is 1.57. The van der Waals surface area contributed by atoms with E-state index in [1.807, 2.05) is 32.0 Å². The molecule has 0 amide bonds. The molecule has 8 atom stereocenters. The first-order valence-electron chi connectivity index (χ1n) is 19.4. The number of aryl methyl sites for hydroxylation is 2. The van der Waals surface area contributed by atoms with E-state index < -0.39 is 22.7 Å². The summed E-state index contributed by atoms with van der Waals surface area (Å²) in [5, 5.41) is 0.113. The Morgan fingerprint density at radius 2 is 1.59 bits per heavy atom. The highest BCUT2D eigenvalue weighted by atomic mass is 28.4. The molecule has 286 valence electrons. The predicted molar refractivity (Wildman–Crippen MR) is 211 cm³/mol. The Labute approximate surface area is 311 Å². The molecule has 0 bridgehead atoms. The first-order chi connectivity index (χ1) is 23.5. The van der Waals surface area contributed by atoms with Crippen LogP contribution in [0.3, 0.4) is 0 Å². The van der Waals surface area contributed by atoms with Gasteiger partial charge in [-0.1, -0.05) is 79.7 Å². The summed E-state index contributed by atoms with van der Waals surface area (Å²) in [5.74, 6) is 0.645. The molecule has 1 aliphatic heterocycles. The highest BCUT2D eigenvalue weighted by molar-refractivity contribution is 6.74. The fourth-order valence-corrected chi connectivity index (χ4v) is 9.81. The lowest BCUT2D eigenvalue weighted by Gasteiger charge is -2.46. The second-order valence-corrected chi connectivity index (χ2v) is 28.1. The van der Waals surface area contributed by atoms with Gasteiger partial charge in [-0.15, -0.1) is 0 Å². The van der Waals surface area contributed by atoms with E-state index in [0.29, 0.717) is 25.0 Å². The summed E-state index contributed by atoms with van der Waals surface area (Å²) in [7, 11) is -4.15. The molecule has 0 N–H and O–H groups in total. The first kappa shape index (κ1) is 41.5. The topological polar surface area (TPSA) is 80.3 Å². The quantitative estimate of drug-likeness (QED) is 0.156. The summed E-state index contributed by atoms with van der Waals surface area (Å²) < 4.78 is 32.4. The Morgan fingerprint density at radius 1 is 0.941 bits per heavy atom. The van der Waals surface area contributed by atoms with Gasteiger partial charge < -0.3 is 23.1 Å². The Morgan fingerprint density at radius 3 is 2.20 bits per heavy atom. The maximum Gasteiger partial charge on any atom is 0.347 e. The zero-order valence-electron chi connectivity index (χ0n) is 34.2. The van der Waals surface area contributed by atoms with E-state index in [9.17, 15) is 9.59 Å². The predicted octanol–water partition coefficient (Wildman–Crippen LogP) is 10.4. The van der Waals surface area contributed by atoms with Crippen molar-refractivity contribution < 1.29 is 32.7 Å². The van der Waals surface area contributed by atoms with Gasteiger partial charge in [0.2, 0.25) is 0 Å². The zero-order valence-corrected chi connectivity index (χ0v) is 36.2. The zero-order chi connectivity index (χ0) is 38.1. The number of esters is 2. The average Bonchev–Trinajstić information content (AvgIpc) is 2.99. The van der Waals surface area contributed by atoms with Gasteiger partial charge in [-0.05, 0) is 110 Å². The van der Waals surface area contributed by atoms with Crippen LogP contribution in [-0.2, 0) is 27.9 Å². The second-order valence-electron chi connectivity index (χ2n) is 18.6. The van der Waals surface area contributed by atoms with Gasteiger partial charge in [0.05, 0.1) is 18.6 Å². The third kappa shape index (κ3) is 10.3. The molecule has 9 heteroatoms. The molecule has 7 nitrogen and oxygen atoms in total. The number of rotatable bonds is 12. The molecule has 1 fully saturated rings. The molecule has 0 spiro atoms. The lowest BCUT2D eigenvalue weighted by Crippen LogP contribution is -2.49. The molecule has 0 radical (unpaired) electrons. The largest absolute Gasteiger partial charge is 0.479 e. The normalized spacial score (nSPS) is 28.0. The number of benzene rings is 1. The van der Waals surface area contributed by atoms with E-state index in [0.717, 1.165) is 24.8 Å². The number of carbonyl (C=O) groups is 2. The van der Waals surface area contributed by atoms with Gasteiger partial charge in [0.25, 0.3) is 0 Å². The molecule has 1 saturated heterocycles. The van der Waals surface area contributed by atoms with Crippen LogP contribution in [0.2, 0.25) is 36.3 Å². The Bertz CT molecular complexity index is 1450. The van der Waals surface area contributed by atoms with Gasteiger partial charge in [-0.2, -0.15) is 0 Å². The minimum absolute atomic E-state index is 0.00547. The maximum atomic E-state index is 14.0. The lowest BCUT2D eigenvalue weighted by atomic mass is 9.66. The van der Waals surface area contributed by atoms with Gasteiger partial charge in [-0.25, -0.2) is 4.79 Å². The van der Waals surface area contributed by atoms with E-state index in [1.165, 1.54) is 11.1 Å². The van der Waals surface area contributed by atoms with Crippen LogP contribution in [-0.4, -0.2) is 59.1 Å². The lowest BCUT2D eigenvalue weighted by molar-refractivity contribution is -0.164. The number of cyclic esters (lactones) is 1. The van der Waals surface area contributed by atoms with Crippen LogP contribution in [0.1, 0.15) is 105 Å². The highest BCUT2D eigenvalue weighted by Gasteiger charge is 2.47. The molecule has 0 saturated carbocycles. The highest BCUT2D eigenvalue weighted by Crippen LogP contribution is 2.47. The average molecular weight is 741 g/mol. The van der Waals surface area contributed by atoms with Crippen molar-refractivity contribution in [1.82, 2.24) is 0 Å². The minimum atomic E-state index is -2.11. The van der Waals surface area contributed by atoms with Crippen molar-refractivity contribution in [2.45, 2.75) is 175 Å². The number of fused-ring (bicyclic) bond motifs is 1. The van der Waals surface area contributed by atoms with Crippen molar-refractivity contribution in [2.75, 3.05) is 0 Å². The van der Waals surface area contributed by atoms with Crippen LogP contribution >= 0.6 is 0 Å². The Hall–Kier alpha value is -2.21. The van der Waals surface area contributed by atoms with Gasteiger partial charge >= 0.3 is 11.9 Å². The van der Waals surface area contributed by atoms with Gasteiger partial charge in [-0.3, -0.25) is 4.79 Å². The minimum Gasteiger partial charge on any atom is -0.479 e. The standard InChI is InChI=1S/C42H68O7Si2/c1-15-36(45-31-19-17-27(2)29(4)22-31)40(44)47-37-25-33(48-50(11,12)41(5,6)7)23-30-18-16-28(3)35(39(30)37)21-20-32-24-34(26-38(43)46-32)49-51(13,14)42(8,9)10/h16-19,22-23,28,32-37,39H,15,20-21,24-26H2,1-14H3/t28-,32+,33+,34+,35-,36?,37-,39-/m0/s1. The molecule has 1 aromatic rings. The molecular formula is C42H68O7Si2. The fourth-order valence-electron chi connectivity index (χ4n) is 7.17. The van der Waals surface area contributed by atoms with Crippen LogP contribution in [0, 0.1) is 31.6 Å². The van der Waals surface area contributed by atoms with Crippen molar-refractivity contribution >= 4 is 28.6 Å². The molecule has 0 aromatic heterocycles. The number of hydrogen-bond donors (Lipinski definition) is 0. The molecule has 51 heavy (non-hydrogen) atoms. The molecule has 1 aromatic carbocycles. The van der Waals surface area contributed by atoms with Gasteiger partial charge in [0.1, 0.15) is 18.0 Å². The first-order valence-corrected chi connectivity index (χ1v) is 25.2. The summed E-state index contributed by atoms with van der Waals surface area (Å²) in [5.41, 5.74) is 3.48. The van der Waals surface area contributed by atoms with E-state index in [-0.39, 0.29) is 64.2 Å². The smallest absolute Gasteiger partial charge is 0.347 e. The fraction of sp³-hybridized carbons (Fsp3) is 0.714. The van der Waals surface area contributed by atoms with Crippen LogP contribution in [0.5, 0.6) is 5.75 Å². The maximum absolute atomic E-state index is 14.0. The second kappa shape index (κ2) is 16.0. The molecule has 2 aliphatic carbocycles. The Kier molecular flexibility index (Phi) is 13.1. The summed E-state index contributed by atoms with van der Waals surface area (Å²) in [6.45, 7) is 30.8.